The SMILES string of the molecule is Cc1cc(C)cc(N=C2NC(=O)C(=Cc3ccc(F)cc3)S2)c1. The van der Waals surface area contributed by atoms with Crippen LogP contribution in [-0.4, -0.2) is 11.1 Å². The second kappa shape index (κ2) is 6.38. The van der Waals surface area contributed by atoms with Crippen LogP contribution in [0.5, 0.6) is 0 Å². The first-order valence-electron chi connectivity index (χ1n) is 7.13. The first-order chi connectivity index (χ1) is 11.0. The fourth-order valence-electron chi connectivity index (χ4n) is 2.32. The molecule has 1 saturated heterocycles. The van der Waals surface area contributed by atoms with Gasteiger partial charge in [-0.05, 0) is 72.6 Å². The highest BCUT2D eigenvalue weighted by Gasteiger charge is 2.23. The number of thioether (sulfide) groups is 1. The third-order valence-corrected chi connectivity index (χ3v) is 4.17. The molecule has 0 aromatic heterocycles. The van der Waals surface area contributed by atoms with Gasteiger partial charge in [-0.15, -0.1) is 0 Å². The summed E-state index contributed by atoms with van der Waals surface area (Å²) < 4.78 is 12.9. The van der Waals surface area contributed by atoms with E-state index in [0.29, 0.717) is 10.1 Å². The number of halogens is 1. The van der Waals surface area contributed by atoms with Crippen LogP contribution in [0.3, 0.4) is 0 Å². The Morgan fingerprint density at radius 1 is 1.09 bits per heavy atom. The number of aliphatic imine (C=N–C) groups is 1. The molecule has 1 N–H and O–H groups in total. The van der Waals surface area contributed by atoms with E-state index < -0.39 is 0 Å². The summed E-state index contributed by atoms with van der Waals surface area (Å²) in [7, 11) is 0. The van der Waals surface area contributed by atoms with Crippen molar-refractivity contribution in [2.75, 3.05) is 0 Å². The maximum Gasteiger partial charge on any atom is 0.264 e. The monoisotopic (exact) mass is 326 g/mol. The summed E-state index contributed by atoms with van der Waals surface area (Å²) in [5, 5.41) is 3.30. The van der Waals surface area contributed by atoms with Crippen molar-refractivity contribution < 1.29 is 9.18 Å². The van der Waals surface area contributed by atoms with Crippen molar-refractivity contribution in [3.05, 3.63) is 69.9 Å². The molecule has 23 heavy (non-hydrogen) atoms. The summed E-state index contributed by atoms with van der Waals surface area (Å²) in [5.74, 6) is -0.491. The predicted molar refractivity (Wildman–Crippen MR) is 93.1 cm³/mol. The quantitative estimate of drug-likeness (QED) is 0.834. The fourth-order valence-corrected chi connectivity index (χ4v) is 3.17. The summed E-state index contributed by atoms with van der Waals surface area (Å²) in [6.45, 7) is 4.02. The van der Waals surface area contributed by atoms with E-state index in [4.69, 9.17) is 0 Å². The molecule has 2 aromatic carbocycles. The number of amidine groups is 1. The first kappa shape index (κ1) is 15.5. The van der Waals surface area contributed by atoms with Gasteiger partial charge in [-0.2, -0.15) is 0 Å². The highest BCUT2D eigenvalue weighted by Crippen LogP contribution is 2.28. The summed E-state index contributed by atoms with van der Waals surface area (Å²) in [4.78, 5) is 17.0. The van der Waals surface area contributed by atoms with Crippen molar-refractivity contribution in [3.8, 4) is 0 Å². The number of benzene rings is 2. The molecule has 3 nitrogen and oxygen atoms in total. The van der Waals surface area contributed by atoms with Crippen molar-refractivity contribution in [2.45, 2.75) is 13.8 Å². The molecular weight excluding hydrogens is 311 g/mol. The van der Waals surface area contributed by atoms with Gasteiger partial charge in [0.05, 0.1) is 10.6 Å². The van der Waals surface area contributed by atoms with E-state index in [0.717, 1.165) is 22.4 Å². The highest BCUT2D eigenvalue weighted by molar-refractivity contribution is 8.18. The Kier molecular flexibility index (Phi) is 4.30. The lowest BCUT2D eigenvalue weighted by Crippen LogP contribution is -2.19. The average Bonchev–Trinajstić information content (AvgIpc) is 2.80. The summed E-state index contributed by atoms with van der Waals surface area (Å²) in [6.07, 6.45) is 1.73. The van der Waals surface area contributed by atoms with Crippen molar-refractivity contribution in [1.82, 2.24) is 5.32 Å². The van der Waals surface area contributed by atoms with Gasteiger partial charge in [0.25, 0.3) is 5.91 Å². The predicted octanol–water partition coefficient (Wildman–Crippen LogP) is 4.33. The lowest BCUT2D eigenvalue weighted by Gasteiger charge is -2.00. The average molecular weight is 326 g/mol. The number of carbonyl (C=O) groups is 1. The Balaban J connectivity index is 1.84. The molecule has 0 unspecified atom stereocenters. The van der Waals surface area contributed by atoms with Gasteiger partial charge < -0.3 is 5.32 Å². The molecule has 0 aliphatic carbocycles. The number of rotatable bonds is 2. The Hall–Kier alpha value is -2.40. The molecular formula is C18H15FN2OS. The number of hydrogen-bond donors (Lipinski definition) is 1. The van der Waals surface area contributed by atoms with Gasteiger partial charge in [0.15, 0.2) is 5.17 Å². The van der Waals surface area contributed by atoms with E-state index in [1.165, 1.54) is 23.9 Å². The number of carbonyl (C=O) groups excluding carboxylic acids is 1. The van der Waals surface area contributed by atoms with Gasteiger partial charge in [0.2, 0.25) is 0 Å². The van der Waals surface area contributed by atoms with Crippen molar-refractivity contribution in [1.29, 1.82) is 0 Å². The molecule has 0 bridgehead atoms. The van der Waals surface area contributed by atoms with Crippen molar-refractivity contribution >= 4 is 34.6 Å². The van der Waals surface area contributed by atoms with Gasteiger partial charge in [0, 0.05) is 0 Å². The van der Waals surface area contributed by atoms with Crippen LogP contribution < -0.4 is 5.32 Å². The van der Waals surface area contributed by atoms with Crippen LogP contribution in [0.1, 0.15) is 16.7 Å². The Bertz CT molecular complexity index is 805. The third kappa shape index (κ3) is 3.87. The van der Waals surface area contributed by atoms with Gasteiger partial charge >= 0.3 is 0 Å². The van der Waals surface area contributed by atoms with Gasteiger partial charge in [0.1, 0.15) is 5.82 Å². The van der Waals surface area contributed by atoms with Gasteiger partial charge in [-0.1, -0.05) is 18.2 Å². The van der Waals surface area contributed by atoms with E-state index in [1.807, 2.05) is 26.0 Å². The number of aryl methyl sites for hydroxylation is 2. The molecule has 0 saturated carbocycles. The minimum atomic E-state index is -0.298. The lowest BCUT2D eigenvalue weighted by atomic mass is 10.1. The zero-order valence-corrected chi connectivity index (χ0v) is 13.6. The molecule has 1 fully saturated rings. The standard InChI is InChI=1S/C18H15FN2OS/c1-11-7-12(2)9-15(8-11)20-18-21-17(22)16(23-18)10-13-3-5-14(19)6-4-13/h3-10H,1-2H3,(H,20,21,22). The number of hydrogen-bond acceptors (Lipinski definition) is 3. The van der Waals surface area contributed by atoms with Crippen LogP contribution in [0, 0.1) is 19.7 Å². The Morgan fingerprint density at radius 3 is 2.39 bits per heavy atom. The van der Waals surface area contributed by atoms with Gasteiger partial charge in [-0.25, -0.2) is 9.38 Å². The molecule has 1 aliphatic heterocycles. The minimum Gasteiger partial charge on any atom is -0.300 e. The molecule has 3 rings (SSSR count). The molecule has 0 radical (unpaired) electrons. The molecule has 1 amide bonds. The summed E-state index contributed by atoms with van der Waals surface area (Å²) >= 11 is 1.28. The summed E-state index contributed by atoms with van der Waals surface area (Å²) in [6, 6.07) is 12.0. The molecule has 1 heterocycles. The van der Waals surface area contributed by atoms with Crippen LogP contribution in [-0.2, 0) is 4.79 Å². The Labute approximate surface area is 138 Å². The van der Waals surface area contributed by atoms with E-state index >= 15 is 0 Å². The molecule has 2 aromatic rings. The second-order valence-electron chi connectivity index (χ2n) is 5.38. The molecule has 1 aliphatic rings. The molecule has 116 valence electrons. The normalized spacial score (nSPS) is 17.8. The molecule has 5 heteroatoms. The van der Waals surface area contributed by atoms with E-state index in [-0.39, 0.29) is 11.7 Å². The van der Waals surface area contributed by atoms with Crippen LogP contribution in [0.2, 0.25) is 0 Å². The highest BCUT2D eigenvalue weighted by atomic mass is 32.2. The van der Waals surface area contributed by atoms with E-state index in [2.05, 4.69) is 16.4 Å². The minimum absolute atomic E-state index is 0.192. The lowest BCUT2D eigenvalue weighted by molar-refractivity contribution is -0.115. The van der Waals surface area contributed by atoms with Crippen LogP contribution in [0.4, 0.5) is 10.1 Å². The molecule has 0 spiro atoms. The molecule has 0 atom stereocenters. The van der Waals surface area contributed by atoms with Crippen LogP contribution in [0.25, 0.3) is 6.08 Å². The zero-order chi connectivity index (χ0) is 16.4. The topological polar surface area (TPSA) is 41.5 Å². The second-order valence-corrected chi connectivity index (χ2v) is 6.41. The van der Waals surface area contributed by atoms with Crippen LogP contribution >= 0.6 is 11.8 Å². The maximum absolute atomic E-state index is 12.9. The fraction of sp³-hybridized carbons (Fsp3) is 0.111. The number of nitrogens with one attached hydrogen (secondary N) is 1. The van der Waals surface area contributed by atoms with Gasteiger partial charge in [-0.3, -0.25) is 4.79 Å². The Morgan fingerprint density at radius 2 is 1.74 bits per heavy atom. The third-order valence-electron chi connectivity index (χ3n) is 3.26. The van der Waals surface area contributed by atoms with Crippen molar-refractivity contribution in [2.24, 2.45) is 4.99 Å². The first-order valence-corrected chi connectivity index (χ1v) is 7.95. The van der Waals surface area contributed by atoms with E-state index in [1.54, 1.807) is 18.2 Å². The van der Waals surface area contributed by atoms with Crippen LogP contribution in [0.15, 0.2) is 52.4 Å². The number of amides is 1. The number of nitrogens with zero attached hydrogens (tertiary/aromatic N) is 1. The smallest absolute Gasteiger partial charge is 0.264 e. The summed E-state index contributed by atoms with van der Waals surface area (Å²) in [5.41, 5.74) is 3.84. The largest absolute Gasteiger partial charge is 0.300 e. The zero-order valence-electron chi connectivity index (χ0n) is 12.8. The van der Waals surface area contributed by atoms with Crippen molar-refractivity contribution in [3.63, 3.8) is 0 Å². The maximum atomic E-state index is 12.9. The van der Waals surface area contributed by atoms with E-state index in [9.17, 15) is 9.18 Å².